The van der Waals surface area contributed by atoms with Gasteiger partial charge in [0.1, 0.15) is 6.61 Å². The van der Waals surface area contributed by atoms with Gasteiger partial charge in [0.15, 0.2) is 11.4 Å². The lowest BCUT2D eigenvalue weighted by Crippen LogP contribution is -2.44. The van der Waals surface area contributed by atoms with Crippen molar-refractivity contribution in [1.82, 2.24) is 9.47 Å². The molecule has 30 heavy (non-hydrogen) atoms. The molecule has 0 aliphatic carbocycles. The maximum absolute atomic E-state index is 13.3. The van der Waals surface area contributed by atoms with Gasteiger partial charge in [0.2, 0.25) is 5.43 Å². The molecule has 1 amide bonds. The summed E-state index contributed by atoms with van der Waals surface area (Å²) in [6, 6.07) is 9.56. The number of rotatable bonds is 6. The van der Waals surface area contributed by atoms with E-state index in [4.69, 9.17) is 4.74 Å². The van der Waals surface area contributed by atoms with E-state index in [2.05, 4.69) is 6.92 Å². The molecule has 1 N–H and O–H groups in total. The minimum absolute atomic E-state index is 0.0204. The number of pyridine rings is 1. The van der Waals surface area contributed by atoms with E-state index in [0.29, 0.717) is 36.5 Å². The summed E-state index contributed by atoms with van der Waals surface area (Å²) in [5.74, 6) is -0.0735. The number of carbonyl (C=O) groups excluding carboxylic acids is 1. The molecule has 1 aromatic heterocycles. The van der Waals surface area contributed by atoms with E-state index in [1.54, 1.807) is 11.8 Å². The number of aromatic nitrogens is 1. The average molecular weight is 413 g/mol. The Hall–Kier alpha value is -2.60. The second kappa shape index (κ2) is 9.47. The van der Waals surface area contributed by atoms with Crippen LogP contribution in [0.4, 0.5) is 0 Å². The summed E-state index contributed by atoms with van der Waals surface area (Å²) in [5.41, 5.74) is 1.96. The molecule has 6 nitrogen and oxygen atoms in total. The van der Waals surface area contributed by atoms with Gasteiger partial charge in [0.25, 0.3) is 5.91 Å². The third-order valence-corrected chi connectivity index (χ3v) is 5.75. The number of amides is 1. The number of carbonyl (C=O) groups is 1. The van der Waals surface area contributed by atoms with E-state index in [1.807, 2.05) is 48.7 Å². The van der Waals surface area contributed by atoms with Crippen LogP contribution in [0.2, 0.25) is 0 Å². The molecule has 0 fully saturated rings. The fraction of sp³-hybridized carbons (Fsp3) is 0.500. The zero-order valence-electron chi connectivity index (χ0n) is 18.4. The third kappa shape index (κ3) is 3.88. The van der Waals surface area contributed by atoms with Crippen molar-refractivity contribution in [3.63, 3.8) is 0 Å². The number of ether oxygens (including phenoxy) is 1. The lowest BCUT2D eigenvalue weighted by atomic mass is 10.1. The van der Waals surface area contributed by atoms with Crippen LogP contribution in [0.5, 0.6) is 5.75 Å². The molecule has 2 aromatic rings. The molecule has 4 rings (SSSR count). The van der Waals surface area contributed by atoms with Crippen molar-refractivity contribution < 1.29 is 14.6 Å². The Morgan fingerprint density at radius 2 is 1.87 bits per heavy atom. The van der Waals surface area contributed by atoms with Gasteiger partial charge in [-0.3, -0.25) is 9.59 Å². The molecule has 2 aliphatic heterocycles. The summed E-state index contributed by atoms with van der Waals surface area (Å²) in [6.45, 7) is 9.23. The molecule has 0 radical (unpaired) electrons. The first-order valence-electron chi connectivity index (χ1n) is 11.0. The average Bonchev–Trinajstić information content (AvgIpc) is 3.10. The Labute approximate surface area is 178 Å². The molecule has 162 valence electrons. The van der Waals surface area contributed by atoms with E-state index >= 15 is 0 Å². The Bertz CT molecular complexity index is 952. The minimum Gasteiger partial charge on any atom is -0.483 e. The quantitative estimate of drug-likeness (QED) is 0.779. The Balaban J connectivity index is 0.00000124. The van der Waals surface area contributed by atoms with Gasteiger partial charge < -0.3 is 19.3 Å². The van der Waals surface area contributed by atoms with Crippen molar-refractivity contribution in [3.8, 4) is 5.75 Å². The second-order valence-electron chi connectivity index (χ2n) is 7.67. The lowest BCUT2D eigenvalue weighted by molar-refractivity contribution is 0.0651. The second-order valence-corrected chi connectivity index (χ2v) is 7.67. The molecular formula is C24H32N2O4. The summed E-state index contributed by atoms with van der Waals surface area (Å²) < 4.78 is 7.80. The third-order valence-electron chi connectivity index (χ3n) is 5.75. The van der Waals surface area contributed by atoms with Crippen LogP contribution >= 0.6 is 0 Å². The summed E-state index contributed by atoms with van der Waals surface area (Å²) in [7, 11) is 0. The van der Waals surface area contributed by atoms with Crippen LogP contribution in [-0.4, -0.2) is 33.6 Å². The van der Waals surface area contributed by atoms with Crippen LogP contribution in [0.3, 0.4) is 0 Å². The fourth-order valence-corrected chi connectivity index (χ4v) is 4.32. The van der Waals surface area contributed by atoms with Crippen molar-refractivity contribution in [3.05, 3.63) is 63.1 Å². The Morgan fingerprint density at radius 3 is 2.53 bits per heavy atom. The molecule has 0 spiro atoms. The topological polar surface area (TPSA) is 71.8 Å². The first-order chi connectivity index (χ1) is 14.5. The van der Waals surface area contributed by atoms with Gasteiger partial charge in [0, 0.05) is 25.1 Å². The number of aliphatic hydroxyl groups excluding tert-OH is 1. The fourth-order valence-electron chi connectivity index (χ4n) is 4.32. The summed E-state index contributed by atoms with van der Waals surface area (Å²) in [6.07, 6.45) is 1.69. The highest BCUT2D eigenvalue weighted by Gasteiger charge is 2.43. The van der Waals surface area contributed by atoms with Gasteiger partial charge in [-0.25, -0.2) is 0 Å². The van der Waals surface area contributed by atoms with Crippen molar-refractivity contribution >= 4 is 5.91 Å². The van der Waals surface area contributed by atoms with Crippen molar-refractivity contribution in [2.75, 3.05) is 13.1 Å². The number of hydrogen-bond acceptors (Lipinski definition) is 4. The highest BCUT2D eigenvalue weighted by molar-refractivity contribution is 5.96. The monoisotopic (exact) mass is 412 g/mol. The molecule has 2 atom stereocenters. The van der Waals surface area contributed by atoms with Crippen LogP contribution in [0.25, 0.3) is 0 Å². The number of hydrogen-bond donors (Lipinski definition) is 1. The molecule has 6 heteroatoms. The van der Waals surface area contributed by atoms with E-state index in [1.165, 1.54) is 0 Å². The van der Waals surface area contributed by atoms with Gasteiger partial charge >= 0.3 is 0 Å². The smallest absolute Gasteiger partial charge is 0.274 e. The molecule has 0 saturated carbocycles. The largest absolute Gasteiger partial charge is 0.483 e. The zero-order valence-corrected chi connectivity index (χ0v) is 18.4. The zero-order chi connectivity index (χ0) is 21.8. The SMILES string of the molecule is CC.CCCCN1CC2CC(O)c3c(C)c(=O)c(OCc4ccccc4)c(n32)C1=O. The van der Waals surface area contributed by atoms with Crippen molar-refractivity contribution in [1.29, 1.82) is 0 Å². The molecule has 3 heterocycles. The number of unbranched alkanes of at least 4 members (excludes halogenated alkanes) is 1. The molecule has 1 aromatic carbocycles. The van der Waals surface area contributed by atoms with Gasteiger partial charge in [-0.2, -0.15) is 0 Å². The number of nitrogens with zero attached hydrogens (tertiary/aromatic N) is 2. The van der Waals surface area contributed by atoms with E-state index in [0.717, 1.165) is 18.4 Å². The first-order valence-corrected chi connectivity index (χ1v) is 11.0. The normalized spacial score (nSPS) is 19.2. The number of benzene rings is 1. The van der Waals surface area contributed by atoms with E-state index in [-0.39, 0.29) is 29.7 Å². The Morgan fingerprint density at radius 1 is 1.17 bits per heavy atom. The van der Waals surface area contributed by atoms with Crippen molar-refractivity contribution in [2.45, 2.75) is 65.7 Å². The maximum atomic E-state index is 13.3. The first kappa shape index (κ1) is 22.1. The van der Waals surface area contributed by atoms with Crippen LogP contribution < -0.4 is 10.2 Å². The van der Waals surface area contributed by atoms with Gasteiger partial charge in [-0.05, 0) is 18.9 Å². The summed E-state index contributed by atoms with van der Waals surface area (Å²) in [5, 5.41) is 10.6. The highest BCUT2D eigenvalue weighted by atomic mass is 16.5. The number of aliphatic hydroxyl groups is 1. The van der Waals surface area contributed by atoms with Crippen LogP contribution in [0.1, 0.15) is 79.5 Å². The molecular weight excluding hydrogens is 380 g/mol. The van der Waals surface area contributed by atoms with Crippen LogP contribution in [-0.2, 0) is 6.61 Å². The molecule has 2 unspecified atom stereocenters. The lowest BCUT2D eigenvalue weighted by Gasteiger charge is -2.35. The van der Waals surface area contributed by atoms with E-state index < -0.39 is 6.10 Å². The predicted octanol–water partition coefficient (Wildman–Crippen LogP) is 4.00. The summed E-state index contributed by atoms with van der Waals surface area (Å²) in [4.78, 5) is 28.1. The van der Waals surface area contributed by atoms with Gasteiger partial charge in [-0.1, -0.05) is 57.5 Å². The van der Waals surface area contributed by atoms with Crippen LogP contribution in [0.15, 0.2) is 35.1 Å². The van der Waals surface area contributed by atoms with Crippen molar-refractivity contribution in [2.24, 2.45) is 0 Å². The standard InChI is InChI=1S/C22H26N2O4.C2H6/c1-3-4-10-23-12-16-11-17(25)18-14(2)20(26)21(19(22(23)27)24(16)18)28-13-15-8-6-5-7-9-15;1-2/h5-9,16-17,25H,3-4,10-13H2,1-2H3;1-2H3. The summed E-state index contributed by atoms with van der Waals surface area (Å²) >= 11 is 0. The molecule has 0 bridgehead atoms. The van der Waals surface area contributed by atoms with Gasteiger partial charge in [0.05, 0.1) is 17.8 Å². The van der Waals surface area contributed by atoms with Crippen LogP contribution in [0, 0.1) is 6.92 Å². The minimum atomic E-state index is -0.724. The predicted molar refractivity (Wildman–Crippen MR) is 117 cm³/mol. The highest BCUT2D eigenvalue weighted by Crippen LogP contribution is 2.42. The maximum Gasteiger partial charge on any atom is 0.274 e. The molecule has 2 aliphatic rings. The van der Waals surface area contributed by atoms with Gasteiger partial charge in [-0.15, -0.1) is 0 Å². The van der Waals surface area contributed by atoms with E-state index in [9.17, 15) is 14.7 Å². The molecule has 0 saturated heterocycles. The Kier molecular flexibility index (Phi) is 6.98.